The molecule has 1 heterocycles. The molecular formula is C25H33N3O3S. The fraction of sp³-hybridized carbons (Fsp3) is 0.360. The second-order valence-corrected chi connectivity index (χ2v) is 9.10. The van der Waals surface area contributed by atoms with Crippen LogP contribution in [0.15, 0.2) is 59.8 Å². The van der Waals surface area contributed by atoms with Crippen LogP contribution in [0, 0.1) is 0 Å². The minimum absolute atomic E-state index is 0.176. The summed E-state index contributed by atoms with van der Waals surface area (Å²) in [7, 11) is 3.61. The first-order chi connectivity index (χ1) is 15.3. The van der Waals surface area contributed by atoms with Gasteiger partial charge in [0.1, 0.15) is 17.8 Å². The fourth-order valence-electron chi connectivity index (χ4n) is 2.97. The number of nitrogens with one attached hydrogen (secondary N) is 1. The highest BCUT2D eigenvalue weighted by molar-refractivity contribution is 7.97. The number of benzene rings is 2. The van der Waals surface area contributed by atoms with Crippen molar-refractivity contribution in [1.82, 2.24) is 14.5 Å². The first-order valence-electron chi connectivity index (χ1n) is 10.5. The molecule has 0 fully saturated rings. The van der Waals surface area contributed by atoms with Gasteiger partial charge in [-0.3, -0.25) is 14.2 Å². The molecular weight excluding hydrogens is 422 g/mol. The molecule has 32 heavy (non-hydrogen) atoms. The van der Waals surface area contributed by atoms with E-state index in [0.717, 1.165) is 28.2 Å². The van der Waals surface area contributed by atoms with Crippen molar-refractivity contribution in [3.8, 4) is 11.5 Å². The average Bonchev–Trinajstić information content (AvgIpc) is 3.28. The Kier molecular flexibility index (Phi) is 9.81. The Morgan fingerprint density at radius 1 is 1.16 bits per heavy atom. The number of rotatable bonds is 8. The van der Waals surface area contributed by atoms with Gasteiger partial charge < -0.3 is 9.47 Å². The third-order valence-electron chi connectivity index (χ3n) is 4.66. The highest BCUT2D eigenvalue weighted by Gasteiger charge is 2.15. The summed E-state index contributed by atoms with van der Waals surface area (Å²) >= 11 is 1.58. The van der Waals surface area contributed by atoms with Crippen molar-refractivity contribution in [3.05, 3.63) is 71.5 Å². The van der Waals surface area contributed by atoms with Gasteiger partial charge in [-0.15, -0.1) is 0 Å². The van der Waals surface area contributed by atoms with E-state index in [1.807, 2.05) is 43.0 Å². The van der Waals surface area contributed by atoms with E-state index < -0.39 is 0 Å². The molecule has 0 aliphatic heterocycles. The molecule has 1 aromatic heterocycles. The minimum atomic E-state index is 0.176. The second kappa shape index (κ2) is 12.3. The minimum Gasteiger partial charge on any atom is -0.496 e. The molecule has 0 radical (unpaired) electrons. The third-order valence-corrected chi connectivity index (χ3v) is 5.40. The molecule has 0 aliphatic rings. The molecule has 3 aromatic rings. The molecule has 0 bridgehead atoms. The summed E-state index contributed by atoms with van der Waals surface area (Å²) in [5.41, 5.74) is 3.13. The zero-order valence-electron chi connectivity index (χ0n) is 19.7. The molecule has 0 atom stereocenters. The lowest BCUT2D eigenvalue weighted by Crippen LogP contribution is -2.11. The standard InChI is InChI=1S/C13H14N2O2.C12H19NOS/c1-2-17-13-8-11(10-16)4-5-12(13)9-15-7-3-6-14-15;1-12(2,3)9-6-7-10(14-5)11(8-9)15-13-4/h3-8,10H,2,9H2,1H3;6-8,13H,1-5H3. The van der Waals surface area contributed by atoms with Crippen LogP contribution >= 0.6 is 11.9 Å². The lowest BCUT2D eigenvalue weighted by molar-refractivity contribution is 0.112. The number of nitrogens with zero attached hydrogens (tertiary/aromatic N) is 2. The number of carbonyl (C=O) groups excluding carboxylic acids is 1. The van der Waals surface area contributed by atoms with Crippen molar-refractivity contribution in [1.29, 1.82) is 0 Å². The van der Waals surface area contributed by atoms with Gasteiger partial charge in [-0.2, -0.15) is 5.10 Å². The van der Waals surface area contributed by atoms with E-state index in [4.69, 9.17) is 9.47 Å². The van der Waals surface area contributed by atoms with Gasteiger partial charge in [0.2, 0.25) is 0 Å². The number of carbonyl (C=O) groups is 1. The van der Waals surface area contributed by atoms with Crippen molar-refractivity contribution in [3.63, 3.8) is 0 Å². The highest BCUT2D eigenvalue weighted by atomic mass is 32.2. The Balaban J connectivity index is 0.000000229. The molecule has 0 amide bonds. The summed E-state index contributed by atoms with van der Waals surface area (Å²) in [5.74, 6) is 1.66. The maximum absolute atomic E-state index is 10.7. The molecule has 0 unspecified atom stereocenters. The first kappa shape index (κ1) is 25.5. The molecule has 0 spiro atoms. The van der Waals surface area contributed by atoms with Gasteiger partial charge in [-0.1, -0.05) is 39.0 Å². The fourth-order valence-corrected chi connectivity index (χ4v) is 3.62. The Bertz CT molecular complexity index is 983. The van der Waals surface area contributed by atoms with E-state index in [-0.39, 0.29) is 5.41 Å². The average molecular weight is 456 g/mol. The second-order valence-electron chi connectivity index (χ2n) is 8.04. The van der Waals surface area contributed by atoms with Crippen molar-refractivity contribution >= 4 is 18.2 Å². The van der Waals surface area contributed by atoms with Crippen molar-refractivity contribution in [2.45, 2.75) is 44.6 Å². The van der Waals surface area contributed by atoms with Crippen LogP contribution < -0.4 is 14.2 Å². The molecule has 0 aliphatic carbocycles. The van der Waals surface area contributed by atoms with Crippen molar-refractivity contribution < 1.29 is 14.3 Å². The topological polar surface area (TPSA) is 65.4 Å². The number of hydrogen-bond acceptors (Lipinski definition) is 6. The van der Waals surface area contributed by atoms with Gasteiger partial charge in [0.15, 0.2) is 0 Å². The van der Waals surface area contributed by atoms with Gasteiger partial charge in [0, 0.05) is 23.5 Å². The summed E-state index contributed by atoms with van der Waals surface area (Å²) < 4.78 is 15.7. The van der Waals surface area contributed by atoms with Crippen LogP contribution in [-0.4, -0.2) is 36.8 Å². The predicted molar refractivity (Wildman–Crippen MR) is 131 cm³/mol. The maximum atomic E-state index is 10.7. The number of aromatic nitrogens is 2. The number of hydrogen-bond donors (Lipinski definition) is 1. The summed E-state index contributed by atoms with van der Waals surface area (Å²) in [6, 6.07) is 13.7. The number of aldehydes is 1. The monoisotopic (exact) mass is 455 g/mol. The van der Waals surface area contributed by atoms with E-state index in [0.29, 0.717) is 18.7 Å². The lowest BCUT2D eigenvalue weighted by atomic mass is 9.87. The molecule has 3 rings (SSSR count). The normalized spacial score (nSPS) is 10.8. The zero-order chi connectivity index (χ0) is 23.6. The summed E-state index contributed by atoms with van der Waals surface area (Å²) in [6.45, 7) is 9.77. The van der Waals surface area contributed by atoms with Crippen LogP contribution in [0.3, 0.4) is 0 Å². The maximum Gasteiger partial charge on any atom is 0.150 e. The van der Waals surface area contributed by atoms with Crippen LogP contribution in [-0.2, 0) is 12.0 Å². The van der Waals surface area contributed by atoms with Crippen LogP contribution in [0.5, 0.6) is 11.5 Å². The number of ether oxygens (including phenoxy) is 2. The van der Waals surface area contributed by atoms with Gasteiger partial charge in [0.05, 0.1) is 25.2 Å². The molecule has 7 heteroatoms. The summed E-state index contributed by atoms with van der Waals surface area (Å²) in [4.78, 5) is 11.9. The first-order valence-corrected chi connectivity index (χ1v) is 11.3. The van der Waals surface area contributed by atoms with Gasteiger partial charge in [-0.05, 0) is 61.2 Å². The van der Waals surface area contributed by atoms with E-state index in [1.54, 1.807) is 37.4 Å². The summed E-state index contributed by atoms with van der Waals surface area (Å²) in [6.07, 6.45) is 4.45. The quantitative estimate of drug-likeness (QED) is 0.364. The Morgan fingerprint density at radius 2 is 1.94 bits per heavy atom. The number of methoxy groups -OCH3 is 1. The van der Waals surface area contributed by atoms with Crippen LogP contribution in [0.2, 0.25) is 0 Å². The van der Waals surface area contributed by atoms with Crippen LogP contribution in [0.1, 0.15) is 49.2 Å². The van der Waals surface area contributed by atoms with E-state index in [1.165, 1.54) is 5.56 Å². The SMILES string of the molecule is CCOc1cc(C=O)ccc1Cn1cccn1.CNSc1cc(C(C)(C)C)ccc1OC. The largest absolute Gasteiger partial charge is 0.496 e. The van der Waals surface area contributed by atoms with Crippen molar-refractivity contribution in [2.24, 2.45) is 0 Å². The molecule has 0 saturated heterocycles. The van der Waals surface area contributed by atoms with E-state index in [2.05, 4.69) is 42.7 Å². The highest BCUT2D eigenvalue weighted by Crippen LogP contribution is 2.32. The van der Waals surface area contributed by atoms with Crippen LogP contribution in [0.25, 0.3) is 0 Å². The van der Waals surface area contributed by atoms with Gasteiger partial charge >= 0.3 is 0 Å². The summed E-state index contributed by atoms with van der Waals surface area (Å²) in [5, 5.41) is 4.15. The van der Waals surface area contributed by atoms with Crippen LogP contribution in [0.4, 0.5) is 0 Å². The molecule has 6 nitrogen and oxygen atoms in total. The van der Waals surface area contributed by atoms with Gasteiger partial charge in [-0.25, -0.2) is 0 Å². The molecule has 2 aromatic carbocycles. The molecule has 0 saturated carbocycles. The Morgan fingerprint density at radius 3 is 2.50 bits per heavy atom. The third kappa shape index (κ3) is 7.43. The van der Waals surface area contributed by atoms with E-state index in [9.17, 15) is 4.79 Å². The molecule has 172 valence electrons. The lowest BCUT2D eigenvalue weighted by Gasteiger charge is -2.20. The zero-order valence-corrected chi connectivity index (χ0v) is 20.5. The van der Waals surface area contributed by atoms with E-state index >= 15 is 0 Å². The van der Waals surface area contributed by atoms with Crippen molar-refractivity contribution in [2.75, 3.05) is 20.8 Å². The predicted octanol–water partition coefficient (Wildman–Crippen LogP) is 5.36. The molecule has 1 N–H and O–H groups in total. The smallest absolute Gasteiger partial charge is 0.150 e. The van der Waals surface area contributed by atoms with Gasteiger partial charge in [0.25, 0.3) is 0 Å². The Hall–Kier alpha value is -2.77. The Labute approximate surface area is 195 Å².